The summed E-state index contributed by atoms with van der Waals surface area (Å²) in [6.45, 7) is 2.69. The first-order chi connectivity index (χ1) is 9.83. The lowest BCUT2D eigenvalue weighted by Gasteiger charge is -2.15. The Bertz CT molecular complexity index is 630. The minimum atomic E-state index is -3.84. The van der Waals surface area contributed by atoms with E-state index >= 15 is 0 Å². The van der Waals surface area contributed by atoms with E-state index in [0.717, 1.165) is 19.3 Å². The minimum Gasteiger partial charge on any atom is -0.316 e. The second kappa shape index (κ2) is 6.32. The summed E-state index contributed by atoms with van der Waals surface area (Å²) in [5, 5.41) is 2.83. The second-order valence-corrected chi connectivity index (χ2v) is 8.24. The predicted octanol–water partition coefficient (Wildman–Crippen LogP) is 2.78. The first-order valence-electron chi connectivity index (χ1n) is 6.96. The van der Waals surface area contributed by atoms with Gasteiger partial charge in [0.05, 0.1) is 0 Å². The van der Waals surface area contributed by atoms with Crippen molar-refractivity contribution in [2.24, 2.45) is 5.41 Å². The highest BCUT2D eigenvalue weighted by Gasteiger charge is 2.41. The third kappa shape index (κ3) is 3.83. The van der Waals surface area contributed by atoms with E-state index in [9.17, 15) is 12.8 Å². The Balaban J connectivity index is 2.27. The minimum absolute atomic E-state index is 0.0728. The Hall–Kier alpha value is -0.500. The zero-order chi connectivity index (χ0) is 15.7. The molecule has 0 spiro atoms. The fourth-order valence-corrected chi connectivity index (χ4v) is 4.25. The average Bonchev–Trinajstić information content (AvgIpc) is 3.21. The van der Waals surface area contributed by atoms with Gasteiger partial charge >= 0.3 is 0 Å². The van der Waals surface area contributed by atoms with Crippen molar-refractivity contribution in [3.05, 3.63) is 28.0 Å². The maximum atomic E-state index is 14.4. The van der Waals surface area contributed by atoms with Gasteiger partial charge in [0.25, 0.3) is 0 Å². The van der Waals surface area contributed by atoms with Crippen molar-refractivity contribution in [1.29, 1.82) is 0 Å². The van der Waals surface area contributed by atoms with Crippen molar-refractivity contribution in [2.45, 2.75) is 37.6 Å². The molecule has 0 radical (unpaired) electrons. The molecule has 7 heteroatoms. The maximum absolute atomic E-state index is 14.4. The lowest BCUT2D eigenvalue weighted by molar-refractivity contribution is 0.473. The van der Waals surface area contributed by atoms with Crippen LogP contribution in [0.3, 0.4) is 0 Å². The first-order valence-corrected chi connectivity index (χ1v) is 9.23. The molecule has 0 saturated heterocycles. The monoisotopic (exact) mass is 378 g/mol. The highest BCUT2D eigenvalue weighted by atomic mass is 79.9. The molecular formula is C14H20BrFN2O2S. The predicted molar refractivity (Wildman–Crippen MR) is 84.0 cm³/mol. The molecule has 2 N–H and O–H groups in total. The van der Waals surface area contributed by atoms with Crippen LogP contribution in [0.15, 0.2) is 21.5 Å². The molecule has 0 bridgehead atoms. The Morgan fingerprint density at radius 2 is 2.05 bits per heavy atom. The van der Waals surface area contributed by atoms with Gasteiger partial charge in [0.15, 0.2) is 0 Å². The van der Waals surface area contributed by atoms with Gasteiger partial charge in [-0.25, -0.2) is 17.5 Å². The van der Waals surface area contributed by atoms with Gasteiger partial charge in [0, 0.05) is 23.1 Å². The molecule has 0 heterocycles. The molecule has 0 unspecified atom stereocenters. The van der Waals surface area contributed by atoms with Gasteiger partial charge in [0.1, 0.15) is 10.7 Å². The number of benzene rings is 1. The zero-order valence-corrected chi connectivity index (χ0v) is 14.6. The molecule has 2 rings (SSSR count). The Kier molecular flexibility index (Phi) is 5.07. The number of sulfonamides is 1. The maximum Gasteiger partial charge on any atom is 0.243 e. The molecule has 1 fully saturated rings. The summed E-state index contributed by atoms with van der Waals surface area (Å²) < 4.78 is 42.2. The lowest BCUT2D eigenvalue weighted by atomic mass is 10.1. The number of nitrogens with one attached hydrogen (secondary N) is 2. The van der Waals surface area contributed by atoms with E-state index in [1.165, 1.54) is 6.07 Å². The largest absolute Gasteiger partial charge is 0.316 e. The SMILES string of the molecule is CCC1(CNS(=O)(=O)c2cc(Br)cc(CNC)c2F)CC1. The molecule has 4 nitrogen and oxygen atoms in total. The molecule has 1 aromatic carbocycles. The lowest BCUT2D eigenvalue weighted by Crippen LogP contribution is -2.31. The van der Waals surface area contributed by atoms with Gasteiger partial charge in [-0.05, 0) is 43.9 Å². The van der Waals surface area contributed by atoms with Crippen LogP contribution < -0.4 is 10.0 Å². The average molecular weight is 379 g/mol. The molecular weight excluding hydrogens is 359 g/mol. The van der Waals surface area contributed by atoms with Crippen LogP contribution >= 0.6 is 15.9 Å². The number of halogens is 2. The molecule has 1 saturated carbocycles. The van der Waals surface area contributed by atoms with Crippen molar-refractivity contribution in [1.82, 2.24) is 10.0 Å². The standard InChI is InChI=1S/C14H20BrFN2O2S/c1-3-14(4-5-14)9-18-21(19,20)12-7-11(15)6-10(8-17-2)13(12)16/h6-7,17-18H,3-5,8-9H2,1-2H3. The van der Waals surface area contributed by atoms with Gasteiger partial charge in [-0.2, -0.15) is 0 Å². The van der Waals surface area contributed by atoms with Gasteiger partial charge in [-0.1, -0.05) is 22.9 Å². The fraction of sp³-hybridized carbons (Fsp3) is 0.571. The van der Waals surface area contributed by atoms with Gasteiger partial charge in [-0.15, -0.1) is 0 Å². The van der Waals surface area contributed by atoms with E-state index in [4.69, 9.17) is 0 Å². The van der Waals surface area contributed by atoms with Crippen LogP contribution in [-0.2, 0) is 16.6 Å². The van der Waals surface area contributed by atoms with E-state index in [1.54, 1.807) is 13.1 Å². The molecule has 1 aliphatic carbocycles. The summed E-state index contributed by atoms with van der Waals surface area (Å²) in [4.78, 5) is -0.297. The highest BCUT2D eigenvalue weighted by Crippen LogP contribution is 2.48. The Morgan fingerprint density at radius 3 is 2.57 bits per heavy atom. The van der Waals surface area contributed by atoms with E-state index in [0.29, 0.717) is 16.6 Å². The highest BCUT2D eigenvalue weighted by molar-refractivity contribution is 9.10. The third-order valence-corrected chi connectivity index (χ3v) is 5.94. The normalized spacial score (nSPS) is 17.0. The van der Waals surface area contributed by atoms with Crippen LogP contribution in [0.5, 0.6) is 0 Å². The van der Waals surface area contributed by atoms with Crippen molar-refractivity contribution in [3.63, 3.8) is 0 Å². The molecule has 0 atom stereocenters. The van der Waals surface area contributed by atoms with Crippen molar-refractivity contribution < 1.29 is 12.8 Å². The van der Waals surface area contributed by atoms with Crippen molar-refractivity contribution in [2.75, 3.05) is 13.6 Å². The summed E-state index contributed by atoms with van der Waals surface area (Å²) in [7, 11) is -2.15. The Labute approximate surface area is 133 Å². The molecule has 1 aromatic rings. The van der Waals surface area contributed by atoms with Crippen LogP contribution in [-0.4, -0.2) is 22.0 Å². The van der Waals surface area contributed by atoms with E-state index < -0.39 is 15.8 Å². The van der Waals surface area contributed by atoms with E-state index in [1.807, 2.05) is 6.92 Å². The van der Waals surface area contributed by atoms with Crippen LogP contribution in [0.4, 0.5) is 4.39 Å². The topological polar surface area (TPSA) is 58.2 Å². The Morgan fingerprint density at radius 1 is 1.38 bits per heavy atom. The molecule has 0 amide bonds. The van der Waals surface area contributed by atoms with Gasteiger partial charge in [0.2, 0.25) is 10.0 Å². The van der Waals surface area contributed by atoms with Crippen LogP contribution in [0.2, 0.25) is 0 Å². The molecule has 1 aliphatic rings. The van der Waals surface area contributed by atoms with E-state index in [2.05, 4.69) is 26.0 Å². The molecule has 0 aliphatic heterocycles. The fourth-order valence-electron chi connectivity index (χ4n) is 2.29. The van der Waals surface area contributed by atoms with Gasteiger partial charge < -0.3 is 5.32 Å². The van der Waals surface area contributed by atoms with E-state index in [-0.39, 0.29) is 16.9 Å². The summed E-state index contributed by atoms with van der Waals surface area (Å²) in [6.07, 6.45) is 2.98. The van der Waals surface area contributed by atoms with Crippen LogP contribution in [0, 0.1) is 11.2 Å². The quantitative estimate of drug-likeness (QED) is 0.766. The number of hydrogen-bond acceptors (Lipinski definition) is 3. The van der Waals surface area contributed by atoms with Crippen LogP contribution in [0.1, 0.15) is 31.7 Å². The molecule has 21 heavy (non-hydrogen) atoms. The number of hydrogen-bond donors (Lipinski definition) is 2. The zero-order valence-electron chi connectivity index (χ0n) is 12.2. The van der Waals surface area contributed by atoms with Crippen molar-refractivity contribution in [3.8, 4) is 0 Å². The molecule has 118 valence electrons. The summed E-state index contributed by atoms with van der Waals surface area (Å²) >= 11 is 3.24. The third-order valence-electron chi connectivity index (χ3n) is 4.08. The van der Waals surface area contributed by atoms with Crippen molar-refractivity contribution >= 4 is 26.0 Å². The summed E-state index contributed by atoms with van der Waals surface area (Å²) in [6, 6.07) is 2.89. The van der Waals surface area contributed by atoms with Gasteiger partial charge in [-0.3, -0.25) is 0 Å². The van der Waals surface area contributed by atoms with Crippen LogP contribution in [0.25, 0.3) is 0 Å². The second-order valence-electron chi connectivity index (χ2n) is 5.59. The number of rotatable bonds is 7. The summed E-state index contributed by atoms with van der Waals surface area (Å²) in [5.74, 6) is -0.693. The smallest absolute Gasteiger partial charge is 0.243 e. The first kappa shape index (κ1) is 16.9. The summed E-state index contributed by atoms with van der Waals surface area (Å²) in [5.41, 5.74) is 0.396. The molecule has 0 aromatic heterocycles.